The third kappa shape index (κ3) is 26.7. The first-order chi connectivity index (χ1) is 38.9. The number of esters is 2. The number of nitrogens with two attached hydrogens (primary N) is 1. The lowest BCUT2D eigenvalue weighted by atomic mass is 9.90. The molecule has 25 nitrogen and oxygen atoms in total. The van der Waals surface area contributed by atoms with Crippen molar-refractivity contribution in [3.05, 3.63) is 58.1 Å². The number of carbonyl (C=O) groups is 8. The zero-order valence-electron chi connectivity index (χ0n) is 50.0. The molecule has 2 rings (SSSR count). The highest BCUT2D eigenvalue weighted by Crippen LogP contribution is 2.60. The number of likely N-dealkylation sites (N-methyl/N-ethyl adjacent to an activating group) is 2. The smallest absolute Gasteiger partial charge is 0.456 e. The van der Waals surface area contributed by atoms with Crippen LogP contribution in [0.15, 0.2) is 47.6 Å². The summed E-state index contributed by atoms with van der Waals surface area (Å²) in [5.74, 6) is -6.86. The van der Waals surface area contributed by atoms with Gasteiger partial charge < -0.3 is 60.8 Å². The minimum Gasteiger partial charge on any atom is -0.456 e. The van der Waals surface area contributed by atoms with Crippen LogP contribution in [0, 0.1) is 17.8 Å². The number of benzene rings is 1. The van der Waals surface area contributed by atoms with Crippen LogP contribution in [0.3, 0.4) is 0 Å². The number of cyclic esters (lactones) is 2. The van der Waals surface area contributed by atoms with Crippen LogP contribution in [0.2, 0.25) is 5.02 Å². The number of ether oxygens (including phenoxy) is 3. The monoisotopic (exact) mass is 1230 g/mol. The van der Waals surface area contributed by atoms with Gasteiger partial charge in [0.2, 0.25) is 23.6 Å². The normalized spacial score (nSPS) is 25.4. The van der Waals surface area contributed by atoms with Gasteiger partial charge in [0.25, 0.3) is 5.91 Å². The molecule has 0 spiro atoms. The summed E-state index contributed by atoms with van der Waals surface area (Å²) >= 11 is 6.15. The summed E-state index contributed by atoms with van der Waals surface area (Å²) in [7, 11) is -7.13. The van der Waals surface area contributed by atoms with E-state index in [1.54, 1.807) is 78.8 Å². The number of hydrogen-bond donors (Lipinski definition) is 7. The van der Waals surface area contributed by atoms with Crippen molar-refractivity contribution >= 4 is 74.8 Å². The zero-order chi connectivity index (χ0) is 62.8. The van der Waals surface area contributed by atoms with E-state index in [2.05, 4.69) is 25.6 Å². The summed E-state index contributed by atoms with van der Waals surface area (Å²) in [6.07, 6.45) is 1.35. The maximum Gasteiger partial charge on any atom is 0.481 e. The summed E-state index contributed by atoms with van der Waals surface area (Å²) in [6.45, 7) is 15.8. The van der Waals surface area contributed by atoms with E-state index in [0.717, 1.165) is 9.80 Å². The van der Waals surface area contributed by atoms with Crippen molar-refractivity contribution in [2.45, 2.75) is 176 Å². The van der Waals surface area contributed by atoms with Gasteiger partial charge in [-0.25, -0.2) is 23.5 Å². The number of halogens is 1. The number of allylic oxidation sites excluding steroid dienone is 1. The molecule has 1 heterocycles. The number of phosphoric ester groups is 2. The van der Waals surface area contributed by atoms with Crippen molar-refractivity contribution in [1.82, 2.24) is 31.1 Å². The van der Waals surface area contributed by atoms with E-state index in [1.165, 1.54) is 40.9 Å². The molecule has 8 N–H and O–H groups in total. The van der Waals surface area contributed by atoms with Crippen molar-refractivity contribution in [3.8, 4) is 0 Å². The first kappa shape index (κ1) is 73.9. The lowest BCUT2D eigenvalue weighted by molar-refractivity contribution is -0.155. The number of unbranched alkanes of at least 4 members (excludes halogenated alkanes) is 4. The van der Waals surface area contributed by atoms with Gasteiger partial charge in [0.1, 0.15) is 36.4 Å². The number of nitrogens with one attached hydrogen (secondary N) is 4. The largest absolute Gasteiger partial charge is 0.481 e. The molecule has 0 aliphatic carbocycles. The van der Waals surface area contributed by atoms with Gasteiger partial charge in [0.15, 0.2) is 6.10 Å². The molecule has 11 atom stereocenters. The second-order valence-corrected chi connectivity index (χ2v) is 24.7. The van der Waals surface area contributed by atoms with Gasteiger partial charge in [-0.2, -0.15) is 4.31 Å². The van der Waals surface area contributed by atoms with Crippen molar-refractivity contribution < 1.29 is 84.8 Å². The van der Waals surface area contributed by atoms with Crippen molar-refractivity contribution in [3.63, 3.8) is 0 Å². The third-order valence-electron chi connectivity index (χ3n) is 13.8. The molecule has 0 fully saturated rings. The fourth-order valence-corrected chi connectivity index (χ4v) is 10.7. The molecule has 1 aromatic carbocycles. The van der Waals surface area contributed by atoms with Gasteiger partial charge in [-0.1, -0.05) is 76.9 Å². The Hall–Kier alpha value is -5.23. The van der Waals surface area contributed by atoms with E-state index in [-0.39, 0.29) is 56.9 Å². The summed E-state index contributed by atoms with van der Waals surface area (Å²) < 4.78 is 56.2. The predicted octanol–water partition coefficient (Wildman–Crippen LogP) is 6.17. The lowest BCUT2D eigenvalue weighted by Crippen LogP contribution is -2.57. The maximum atomic E-state index is 14.3. The van der Waals surface area contributed by atoms with E-state index in [1.807, 2.05) is 0 Å². The molecule has 1 aliphatic heterocycles. The number of carbonyl (C=O) groups excluding carboxylic acids is 8. The van der Waals surface area contributed by atoms with Crippen molar-refractivity contribution in [2.24, 2.45) is 23.5 Å². The first-order valence-corrected chi connectivity index (χ1v) is 31.4. The predicted molar refractivity (Wildman–Crippen MR) is 310 cm³/mol. The van der Waals surface area contributed by atoms with Crippen LogP contribution in [0.4, 0.5) is 4.79 Å². The highest BCUT2D eigenvalue weighted by molar-refractivity contribution is 7.61. The van der Waals surface area contributed by atoms with Crippen LogP contribution in [-0.2, 0) is 76.7 Å². The SMILES string of the molecule is C/C=C(\C)C1OC(=O)[C@@H](C)NC(=O)[C@H](C(C)CC)NC(=O)CN(C)C(=O)[C@@H](Cc2ccc(Cl)cc2)N(C)C(=O)[C@H](C)NC(=O)[C@@H](CC(C)C)OC(=O)/C(C)=C/C[C@H](OC(=O)NCCCCCOP(=O)(O)OP(=O)(O)OCCCCCN)[C@@H]1C. The van der Waals surface area contributed by atoms with Gasteiger partial charge in [-0.15, -0.1) is 0 Å². The van der Waals surface area contributed by atoms with Crippen LogP contribution in [-0.4, -0.2) is 157 Å². The molecule has 0 saturated heterocycles. The number of phosphoric acid groups is 2. The molecule has 4 unspecified atom stereocenters. The Balaban J connectivity index is 2.52. The van der Waals surface area contributed by atoms with Gasteiger partial charge >= 0.3 is 33.7 Å². The molecule has 0 saturated carbocycles. The van der Waals surface area contributed by atoms with Crippen molar-refractivity contribution in [1.29, 1.82) is 0 Å². The molecule has 83 heavy (non-hydrogen) atoms. The highest BCUT2D eigenvalue weighted by atomic mass is 35.5. The number of amides is 6. The summed E-state index contributed by atoms with van der Waals surface area (Å²) in [5.41, 5.74) is 6.58. The van der Waals surface area contributed by atoms with Crippen LogP contribution >= 0.6 is 27.2 Å². The fourth-order valence-electron chi connectivity index (χ4n) is 8.43. The average molecular weight is 1230 g/mol. The number of nitrogens with zero attached hydrogens (tertiary/aromatic N) is 2. The van der Waals surface area contributed by atoms with Crippen LogP contribution in [0.25, 0.3) is 0 Å². The van der Waals surface area contributed by atoms with Crippen LogP contribution in [0.1, 0.15) is 133 Å². The van der Waals surface area contributed by atoms with Crippen LogP contribution in [0.5, 0.6) is 0 Å². The van der Waals surface area contributed by atoms with E-state index in [0.29, 0.717) is 61.2 Å². The minimum absolute atomic E-state index is 0.00836. The molecule has 0 aromatic heterocycles. The van der Waals surface area contributed by atoms with Crippen LogP contribution < -0.4 is 27.0 Å². The van der Waals surface area contributed by atoms with E-state index in [9.17, 15) is 57.3 Å². The fraction of sp³-hybridized carbons (Fsp3) is 0.673. The minimum atomic E-state index is -4.98. The number of alkyl carbamates (subject to hydrolysis) is 1. The standard InChI is InChI=1S/C55H90ClN7O18P2/c1-13-35(5)47-50(66)60-40(10)54(70)80-48(36(6)14-2)38(8)44(79-55(71)58-28-18-16-20-30-77-83(74,75)81-82(72,73)76-29-19-15-17-27-57)26-21-37(7)53(69)78-45(31-34(3)4)49(65)59-39(9)51(67)63(12)43(32-41-22-24-42(56)25-23-41)52(68)62(11)33-46(64)61-47/h14,21-25,34-35,38-40,43-45,47-48H,13,15-20,26-33,57H2,1-12H3,(H,58,71)(H,59,65)(H,60,66)(H,61,64)(H,72,73)(H,74,75)/b36-14+,37-21+/t35?,38-,39-,40+,43+,44-,45+,47-,48?/m0/s1. The molecule has 0 bridgehead atoms. The van der Waals surface area contributed by atoms with Gasteiger partial charge in [0, 0.05) is 50.0 Å². The highest BCUT2D eigenvalue weighted by Gasteiger charge is 2.39. The Labute approximate surface area is 493 Å². The van der Waals surface area contributed by atoms with E-state index >= 15 is 0 Å². The second kappa shape index (κ2) is 36.6. The first-order valence-electron chi connectivity index (χ1n) is 28.0. The van der Waals surface area contributed by atoms with E-state index in [4.69, 9.17) is 40.6 Å². The molecule has 6 amide bonds. The Kier molecular flexibility index (Phi) is 32.6. The molecule has 470 valence electrons. The lowest BCUT2D eigenvalue weighted by Gasteiger charge is -2.33. The Morgan fingerprint density at radius 3 is 2.02 bits per heavy atom. The Bertz CT molecular complexity index is 2480. The third-order valence-corrected chi connectivity index (χ3v) is 16.7. The topological polar surface area (TPSA) is 347 Å². The average Bonchev–Trinajstić information content (AvgIpc) is 3.52. The molecule has 1 aromatic rings. The quantitative estimate of drug-likeness (QED) is 0.0211. The second-order valence-electron chi connectivity index (χ2n) is 21.2. The maximum absolute atomic E-state index is 14.3. The van der Waals surface area contributed by atoms with Gasteiger partial charge in [-0.05, 0) is 121 Å². The zero-order valence-corrected chi connectivity index (χ0v) is 52.6. The molecule has 28 heteroatoms. The molecule has 0 radical (unpaired) electrons. The summed E-state index contributed by atoms with van der Waals surface area (Å²) in [6, 6.07) is 1.65. The Morgan fingerprint density at radius 1 is 0.867 bits per heavy atom. The molecular formula is C55H90ClN7O18P2. The van der Waals surface area contributed by atoms with E-state index < -0.39 is 124 Å². The summed E-state index contributed by atoms with van der Waals surface area (Å²) in [4.78, 5) is 134. The molecule has 1 aliphatic rings. The van der Waals surface area contributed by atoms with Gasteiger partial charge in [0.05, 0.1) is 19.8 Å². The molecular weight excluding hydrogens is 1140 g/mol. The number of hydrogen-bond acceptors (Lipinski definition) is 17. The van der Waals surface area contributed by atoms with Crippen molar-refractivity contribution in [2.75, 3.05) is 46.9 Å². The Morgan fingerprint density at radius 2 is 1.46 bits per heavy atom. The number of rotatable bonds is 23. The summed E-state index contributed by atoms with van der Waals surface area (Å²) in [5, 5.41) is 11.1. The van der Waals surface area contributed by atoms with Gasteiger partial charge in [-0.3, -0.25) is 33.0 Å².